The summed E-state index contributed by atoms with van der Waals surface area (Å²) < 4.78 is 3.08. The van der Waals surface area contributed by atoms with Crippen molar-refractivity contribution < 1.29 is 4.79 Å². The molecule has 6 heteroatoms. The Morgan fingerprint density at radius 3 is 2.75 bits per heavy atom. The summed E-state index contributed by atoms with van der Waals surface area (Å²) in [5.41, 5.74) is 0.641. The minimum absolute atomic E-state index is 0.107. The monoisotopic (exact) mass is 274 g/mol. The zero-order valence-corrected chi connectivity index (χ0v) is 11.6. The first-order valence-corrected chi connectivity index (χ1v) is 7.06. The molecule has 1 aliphatic rings. The van der Waals surface area contributed by atoms with Gasteiger partial charge < -0.3 is 4.57 Å². The maximum Gasteiger partial charge on any atom is 0.281 e. The lowest BCUT2D eigenvalue weighted by Crippen LogP contribution is -2.29. The molecule has 0 N–H and O–H groups in total. The molecule has 1 fully saturated rings. The van der Waals surface area contributed by atoms with Crippen LogP contribution in [-0.4, -0.2) is 24.9 Å². The Morgan fingerprint density at radius 1 is 1.25 bits per heavy atom. The van der Waals surface area contributed by atoms with E-state index in [1.807, 2.05) is 0 Å². The van der Waals surface area contributed by atoms with E-state index in [2.05, 4.69) is 9.97 Å². The summed E-state index contributed by atoms with van der Waals surface area (Å²) in [7, 11) is 1.79. The van der Waals surface area contributed by atoms with Gasteiger partial charge in [-0.15, -0.1) is 0 Å². The Bertz CT molecular complexity index is 695. The summed E-state index contributed by atoms with van der Waals surface area (Å²) in [6, 6.07) is 0. The fourth-order valence-electron chi connectivity index (χ4n) is 2.87. The van der Waals surface area contributed by atoms with Crippen LogP contribution in [0.25, 0.3) is 11.2 Å². The van der Waals surface area contributed by atoms with Gasteiger partial charge in [0.2, 0.25) is 0 Å². The van der Waals surface area contributed by atoms with Crippen molar-refractivity contribution >= 4 is 16.9 Å². The Labute approximate surface area is 116 Å². The van der Waals surface area contributed by atoms with Crippen LogP contribution in [0.3, 0.4) is 0 Å². The summed E-state index contributed by atoms with van der Waals surface area (Å²) in [5, 5.41) is 0. The molecule has 0 radical (unpaired) electrons. The van der Waals surface area contributed by atoms with Gasteiger partial charge in [0, 0.05) is 13.0 Å². The molecule has 0 atom stereocenters. The Hall–Kier alpha value is -1.98. The molecule has 0 bridgehead atoms. The van der Waals surface area contributed by atoms with Crippen molar-refractivity contribution in [2.24, 2.45) is 13.0 Å². The summed E-state index contributed by atoms with van der Waals surface area (Å²) in [6.45, 7) is 0.114. The smallest absolute Gasteiger partial charge is 0.281 e. The van der Waals surface area contributed by atoms with Crippen LogP contribution in [0.1, 0.15) is 32.1 Å². The normalized spacial score (nSPS) is 16.6. The Balaban J connectivity index is 1.85. The van der Waals surface area contributed by atoms with Gasteiger partial charge in [-0.2, -0.15) is 0 Å². The molecule has 20 heavy (non-hydrogen) atoms. The number of fused-ring (bicyclic) bond motifs is 1. The fourth-order valence-corrected chi connectivity index (χ4v) is 2.87. The Morgan fingerprint density at radius 2 is 2.00 bits per heavy atom. The van der Waals surface area contributed by atoms with Crippen molar-refractivity contribution in [3.8, 4) is 0 Å². The quantitative estimate of drug-likeness (QED) is 0.845. The van der Waals surface area contributed by atoms with Crippen molar-refractivity contribution in [2.45, 2.75) is 38.6 Å². The van der Waals surface area contributed by atoms with E-state index in [1.165, 1.54) is 17.3 Å². The van der Waals surface area contributed by atoms with Gasteiger partial charge in [-0.1, -0.05) is 19.3 Å². The number of Topliss-reactive ketones (excluding diaryl/α,β-unsaturated/α-hetero) is 1. The second-order valence-corrected chi connectivity index (χ2v) is 5.51. The fraction of sp³-hybridized carbons (Fsp3) is 0.571. The van der Waals surface area contributed by atoms with Crippen LogP contribution < -0.4 is 5.56 Å². The standard InChI is InChI=1S/C14H18N4O2/c1-17-8-15-12-13(17)16-9-18(14(12)20)7-11(19)10-5-3-2-4-6-10/h8-10H,2-7H2,1H3. The van der Waals surface area contributed by atoms with Gasteiger partial charge in [0.05, 0.1) is 12.9 Å². The molecule has 0 spiro atoms. The molecule has 0 unspecified atom stereocenters. The van der Waals surface area contributed by atoms with E-state index in [9.17, 15) is 9.59 Å². The van der Waals surface area contributed by atoms with Gasteiger partial charge in [-0.25, -0.2) is 9.97 Å². The third-order valence-corrected chi connectivity index (χ3v) is 4.08. The highest BCUT2D eigenvalue weighted by molar-refractivity contribution is 5.81. The van der Waals surface area contributed by atoms with Crippen LogP contribution >= 0.6 is 0 Å². The lowest BCUT2D eigenvalue weighted by molar-refractivity contribution is -0.124. The van der Waals surface area contributed by atoms with E-state index in [4.69, 9.17) is 0 Å². The van der Waals surface area contributed by atoms with Gasteiger partial charge in [-0.3, -0.25) is 14.2 Å². The van der Waals surface area contributed by atoms with Gasteiger partial charge in [0.1, 0.15) is 6.33 Å². The predicted octanol–water partition coefficient (Wildman–Crippen LogP) is 1.28. The summed E-state index contributed by atoms with van der Waals surface area (Å²) in [5.74, 6) is 0.249. The van der Waals surface area contributed by atoms with E-state index < -0.39 is 0 Å². The highest BCUT2D eigenvalue weighted by atomic mass is 16.1. The first-order valence-electron chi connectivity index (χ1n) is 7.06. The molecule has 0 aromatic carbocycles. The number of rotatable bonds is 3. The number of aryl methyl sites for hydroxylation is 1. The molecular weight excluding hydrogens is 256 g/mol. The number of ketones is 1. The largest absolute Gasteiger partial charge is 0.318 e. The Kier molecular flexibility index (Phi) is 3.38. The lowest BCUT2D eigenvalue weighted by Gasteiger charge is -2.20. The van der Waals surface area contributed by atoms with Crippen LogP contribution in [0, 0.1) is 5.92 Å². The SMILES string of the molecule is Cn1cnc2c(=O)n(CC(=O)C3CCCCC3)cnc21. The summed E-state index contributed by atoms with van der Waals surface area (Å²) in [4.78, 5) is 32.8. The number of carbonyl (C=O) groups excluding carboxylic acids is 1. The summed E-state index contributed by atoms with van der Waals surface area (Å²) in [6.07, 6.45) is 8.36. The highest BCUT2D eigenvalue weighted by Gasteiger charge is 2.22. The van der Waals surface area contributed by atoms with E-state index in [1.54, 1.807) is 17.9 Å². The van der Waals surface area contributed by atoms with E-state index in [0.29, 0.717) is 11.2 Å². The van der Waals surface area contributed by atoms with Crippen LogP contribution in [0.15, 0.2) is 17.4 Å². The van der Waals surface area contributed by atoms with Crippen molar-refractivity contribution in [2.75, 3.05) is 0 Å². The maximum atomic E-state index is 12.3. The minimum atomic E-state index is -0.236. The first kappa shape index (κ1) is 13.0. The lowest BCUT2D eigenvalue weighted by atomic mass is 9.86. The van der Waals surface area contributed by atoms with Gasteiger partial charge >= 0.3 is 0 Å². The highest BCUT2D eigenvalue weighted by Crippen LogP contribution is 2.24. The minimum Gasteiger partial charge on any atom is -0.318 e. The molecule has 2 aromatic heterocycles. The third kappa shape index (κ3) is 2.26. The van der Waals surface area contributed by atoms with Crippen LogP contribution in [0.2, 0.25) is 0 Å². The van der Waals surface area contributed by atoms with Crippen molar-refractivity contribution in [1.82, 2.24) is 19.1 Å². The number of hydrogen-bond donors (Lipinski definition) is 0. The zero-order valence-electron chi connectivity index (χ0n) is 11.6. The molecule has 3 rings (SSSR count). The van der Waals surface area contributed by atoms with E-state index in [-0.39, 0.29) is 23.8 Å². The molecule has 2 heterocycles. The van der Waals surface area contributed by atoms with Crippen LogP contribution in [-0.2, 0) is 18.4 Å². The second-order valence-electron chi connectivity index (χ2n) is 5.51. The maximum absolute atomic E-state index is 12.3. The van der Waals surface area contributed by atoms with Crippen molar-refractivity contribution in [1.29, 1.82) is 0 Å². The number of aromatic nitrogens is 4. The van der Waals surface area contributed by atoms with Gasteiger partial charge in [0.25, 0.3) is 5.56 Å². The van der Waals surface area contributed by atoms with Gasteiger partial charge in [0.15, 0.2) is 16.9 Å². The molecular formula is C14H18N4O2. The molecule has 1 aliphatic carbocycles. The van der Waals surface area contributed by atoms with Crippen molar-refractivity contribution in [3.63, 3.8) is 0 Å². The zero-order chi connectivity index (χ0) is 14.1. The van der Waals surface area contributed by atoms with Crippen LogP contribution in [0.5, 0.6) is 0 Å². The second kappa shape index (κ2) is 5.19. The third-order valence-electron chi connectivity index (χ3n) is 4.08. The summed E-state index contributed by atoms with van der Waals surface area (Å²) >= 11 is 0. The first-order chi connectivity index (χ1) is 9.66. The van der Waals surface area contributed by atoms with E-state index in [0.717, 1.165) is 25.7 Å². The molecule has 106 valence electrons. The van der Waals surface area contributed by atoms with E-state index >= 15 is 0 Å². The van der Waals surface area contributed by atoms with Crippen molar-refractivity contribution in [3.05, 3.63) is 23.0 Å². The van der Waals surface area contributed by atoms with Crippen LogP contribution in [0.4, 0.5) is 0 Å². The number of imidazole rings is 1. The molecule has 1 saturated carbocycles. The van der Waals surface area contributed by atoms with Gasteiger partial charge in [-0.05, 0) is 12.8 Å². The molecule has 0 aliphatic heterocycles. The molecule has 2 aromatic rings. The molecule has 6 nitrogen and oxygen atoms in total. The number of nitrogens with zero attached hydrogens (tertiary/aromatic N) is 4. The predicted molar refractivity (Wildman–Crippen MR) is 74.4 cm³/mol. The molecule has 0 saturated heterocycles. The average Bonchev–Trinajstić information content (AvgIpc) is 2.85. The molecule has 0 amide bonds. The topological polar surface area (TPSA) is 69.8 Å². The number of hydrogen-bond acceptors (Lipinski definition) is 4. The number of carbonyl (C=O) groups is 1. The average molecular weight is 274 g/mol.